The van der Waals surface area contributed by atoms with Crippen LogP contribution >= 0.6 is 12.4 Å². The second kappa shape index (κ2) is 10.8. The third kappa shape index (κ3) is 6.77. The molecule has 1 aromatic heterocycles. The molecule has 0 spiro atoms. The molecule has 156 valence electrons. The van der Waals surface area contributed by atoms with Crippen LogP contribution in [0.3, 0.4) is 0 Å². The number of hydrogen-bond acceptors (Lipinski definition) is 3. The molecule has 1 atom stereocenters. The third-order valence-electron chi connectivity index (χ3n) is 5.34. The molecule has 1 heterocycles. The van der Waals surface area contributed by atoms with Gasteiger partial charge < -0.3 is 15.4 Å². The van der Waals surface area contributed by atoms with Crippen LogP contribution < -0.4 is 5.73 Å². The SMILES string of the molecule is CC(C)c1ccc(CCCC(=O)c2ccc(CC[C@@](C)(N)CO)n2C)cc1.Cl. The molecule has 0 saturated heterocycles. The van der Waals surface area contributed by atoms with Gasteiger partial charge in [-0.15, -0.1) is 12.4 Å². The Morgan fingerprint density at radius 3 is 2.36 bits per heavy atom. The van der Waals surface area contributed by atoms with Gasteiger partial charge >= 0.3 is 0 Å². The Balaban J connectivity index is 0.00000392. The number of halogens is 1. The molecule has 28 heavy (non-hydrogen) atoms. The van der Waals surface area contributed by atoms with Gasteiger partial charge in [-0.1, -0.05) is 38.1 Å². The summed E-state index contributed by atoms with van der Waals surface area (Å²) in [4.78, 5) is 12.6. The number of aryl methyl sites for hydroxylation is 2. The van der Waals surface area contributed by atoms with Gasteiger partial charge in [0.15, 0.2) is 5.78 Å². The van der Waals surface area contributed by atoms with Crippen molar-refractivity contribution in [3.8, 4) is 0 Å². The number of aliphatic hydroxyl groups is 1. The predicted octanol–water partition coefficient (Wildman–Crippen LogP) is 4.42. The number of rotatable bonds is 10. The first-order valence-electron chi connectivity index (χ1n) is 9.90. The Morgan fingerprint density at radius 2 is 1.79 bits per heavy atom. The summed E-state index contributed by atoms with van der Waals surface area (Å²) in [7, 11) is 1.93. The zero-order valence-corrected chi connectivity index (χ0v) is 18.4. The Morgan fingerprint density at radius 1 is 1.14 bits per heavy atom. The van der Waals surface area contributed by atoms with E-state index >= 15 is 0 Å². The second-order valence-electron chi connectivity index (χ2n) is 8.25. The van der Waals surface area contributed by atoms with Crippen molar-refractivity contribution < 1.29 is 9.90 Å². The Kier molecular flexibility index (Phi) is 9.42. The Bertz CT molecular complexity index is 748. The molecule has 4 nitrogen and oxygen atoms in total. The van der Waals surface area contributed by atoms with E-state index < -0.39 is 5.54 Å². The van der Waals surface area contributed by atoms with Crippen molar-refractivity contribution in [1.29, 1.82) is 0 Å². The minimum absolute atomic E-state index is 0. The van der Waals surface area contributed by atoms with E-state index in [1.807, 2.05) is 30.7 Å². The van der Waals surface area contributed by atoms with E-state index in [-0.39, 0.29) is 24.8 Å². The number of carbonyl (C=O) groups excluding carboxylic acids is 1. The largest absolute Gasteiger partial charge is 0.394 e. The fourth-order valence-electron chi connectivity index (χ4n) is 3.23. The van der Waals surface area contributed by atoms with Gasteiger partial charge in [0.05, 0.1) is 12.3 Å². The molecule has 0 saturated carbocycles. The van der Waals surface area contributed by atoms with E-state index in [1.54, 1.807) is 0 Å². The molecule has 0 amide bonds. The van der Waals surface area contributed by atoms with Crippen LogP contribution in [0.15, 0.2) is 36.4 Å². The molecule has 5 heteroatoms. The summed E-state index contributed by atoms with van der Waals surface area (Å²) >= 11 is 0. The fraction of sp³-hybridized carbons (Fsp3) is 0.522. The Labute approximate surface area is 175 Å². The first-order valence-corrected chi connectivity index (χ1v) is 9.90. The monoisotopic (exact) mass is 406 g/mol. The first-order chi connectivity index (χ1) is 12.7. The number of hydrogen-bond donors (Lipinski definition) is 2. The highest BCUT2D eigenvalue weighted by atomic mass is 35.5. The molecule has 0 bridgehead atoms. The smallest absolute Gasteiger partial charge is 0.179 e. The molecule has 0 radical (unpaired) electrons. The van der Waals surface area contributed by atoms with E-state index in [9.17, 15) is 9.90 Å². The number of ketones is 1. The maximum Gasteiger partial charge on any atom is 0.179 e. The van der Waals surface area contributed by atoms with E-state index in [0.717, 1.165) is 30.7 Å². The number of aliphatic hydroxyl groups excluding tert-OH is 1. The van der Waals surface area contributed by atoms with Crippen LogP contribution in [0.1, 0.15) is 73.3 Å². The van der Waals surface area contributed by atoms with Crippen LogP contribution in [0.2, 0.25) is 0 Å². The van der Waals surface area contributed by atoms with Crippen molar-refractivity contribution in [2.24, 2.45) is 12.8 Å². The molecule has 2 rings (SSSR count). The summed E-state index contributed by atoms with van der Waals surface area (Å²) < 4.78 is 1.97. The number of nitrogens with two attached hydrogens (primary N) is 1. The van der Waals surface area contributed by atoms with Crippen molar-refractivity contribution in [3.05, 3.63) is 58.9 Å². The van der Waals surface area contributed by atoms with Crippen LogP contribution in [-0.4, -0.2) is 27.6 Å². The lowest BCUT2D eigenvalue weighted by Gasteiger charge is -2.21. The number of nitrogens with zero attached hydrogens (tertiary/aromatic N) is 1. The summed E-state index contributed by atoms with van der Waals surface area (Å²) in [5.74, 6) is 0.724. The van der Waals surface area contributed by atoms with Crippen LogP contribution in [-0.2, 0) is 19.9 Å². The molecule has 1 aromatic carbocycles. The zero-order chi connectivity index (χ0) is 20.0. The average molecular weight is 407 g/mol. The van der Waals surface area contributed by atoms with Crippen molar-refractivity contribution in [2.45, 2.75) is 64.3 Å². The molecular formula is C23H35ClN2O2. The maximum absolute atomic E-state index is 12.6. The lowest BCUT2D eigenvalue weighted by molar-refractivity contribution is 0.0972. The van der Waals surface area contributed by atoms with E-state index in [0.29, 0.717) is 18.8 Å². The lowest BCUT2D eigenvalue weighted by atomic mass is 9.97. The number of Topliss-reactive ketones (excluding diaryl/α,β-unsaturated/α-hetero) is 1. The molecule has 0 aliphatic heterocycles. The molecule has 0 aliphatic carbocycles. The number of aromatic nitrogens is 1. The highest BCUT2D eigenvalue weighted by Gasteiger charge is 2.19. The molecular weight excluding hydrogens is 372 g/mol. The fourth-order valence-corrected chi connectivity index (χ4v) is 3.23. The van der Waals surface area contributed by atoms with Gasteiger partial charge in [0.1, 0.15) is 0 Å². The van der Waals surface area contributed by atoms with Gasteiger partial charge in [-0.25, -0.2) is 0 Å². The highest BCUT2D eigenvalue weighted by Crippen LogP contribution is 2.18. The van der Waals surface area contributed by atoms with Gasteiger partial charge in [0, 0.05) is 24.7 Å². The summed E-state index contributed by atoms with van der Waals surface area (Å²) in [6, 6.07) is 12.6. The molecule has 0 unspecified atom stereocenters. The summed E-state index contributed by atoms with van der Waals surface area (Å²) in [6.07, 6.45) is 3.75. The average Bonchev–Trinajstić information content (AvgIpc) is 3.01. The van der Waals surface area contributed by atoms with Gasteiger partial charge in [0.2, 0.25) is 0 Å². The number of carbonyl (C=O) groups is 1. The van der Waals surface area contributed by atoms with Crippen LogP contribution in [0.25, 0.3) is 0 Å². The minimum atomic E-state index is -0.584. The third-order valence-corrected chi connectivity index (χ3v) is 5.34. The molecule has 0 aliphatic rings. The van der Waals surface area contributed by atoms with E-state index in [1.165, 1.54) is 11.1 Å². The Hall–Kier alpha value is -1.62. The topological polar surface area (TPSA) is 68.2 Å². The lowest BCUT2D eigenvalue weighted by Crippen LogP contribution is -2.40. The highest BCUT2D eigenvalue weighted by molar-refractivity contribution is 5.94. The van der Waals surface area contributed by atoms with Crippen LogP contribution in [0.4, 0.5) is 0 Å². The van der Waals surface area contributed by atoms with Crippen molar-refractivity contribution in [1.82, 2.24) is 4.57 Å². The summed E-state index contributed by atoms with van der Waals surface area (Å²) in [5.41, 5.74) is 9.88. The normalized spacial score (nSPS) is 13.2. The maximum atomic E-state index is 12.6. The summed E-state index contributed by atoms with van der Waals surface area (Å²) in [5, 5.41) is 9.28. The predicted molar refractivity (Wildman–Crippen MR) is 118 cm³/mol. The van der Waals surface area contributed by atoms with E-state index in [2.05, 4.69) is 38.1 Å². The van der Waals surface area contributed by atoms with Crippen LogP contribution in [0.5, 0.6) is 0 Å². The van der Waals surface area contributed by atoms with Gasteiger partial charge in [-0.2, -0.15) is 0 Å². The quantitative estimate of drug-likeness (QED) is 0.574. The summed E-state index contributed by atoms with van der Waals surface area (Å²) in [6.45, 7) is 6.19. The second-order valence-corrected chi connectivity index (χ2v) is 8.25. The van der Waals surface area contributed by atoms with Gasteiger partial charge in [-0.3, -0.25) is 4.79 Å². The minimum Gasteiger partial charge on any atom is -0.394 e. The van der Waals surface area contributed by atoms with Crippen molar-refractivity contribution >= 4 is 18.2 Å². The standard InChI is InChI=1S/C23H34N2O2.ClH/c1-17(2)19-10-8-18(9-11-19)6-5-7-22(27)21-13-12-20(25(21)4)14-15-23(3,24)16-26;/h8-13,17,26H,5-7,14-16,24H2,1-4H3;1H/t23-;/m1./s1. The van der Waals surface area contributed by atoms with Crippen molar-refractivity contribution in [2.75, 3.05) is 6.61 Å². The zero-order valence-electron chi connectivity index (χ0n) is 17.6. The van der Waals surface area contributed by atoms with Crippen molar-refractivity contribution in [3.63, 3.8) is 0 Å². The van der Waals surface area contributed by atoms with Crippen LogP contribution in [0, 0.1) is 0 Å². The van der Waals surface area contributed by atoms with Gasteiger partial charge in [0.25, 0.3) is 0 Å². The van der Waals surface area contributed by atoms with E-state index in [4.69, 9.17) is 5.73 Å². The van der Waals surface area contributed by atoms with Gasteiger partial charge in [-0.05, 0) is 61.8 Å². The first kappa shape index (κ1) is 24.4. The number of benzene rings is 1. The molecule has 2 aromatic rings. The molecule has 3 N–H and O–H groups in total. The molecule has 0 fully saturated rings.